The highest BCUT2D eigenvalue weighted by atomic mass is 16.3. The number of aliphatic hydroxyl groups excluding tert-OH is 1. The Morgan fingerprint density at radius 2 is 2.27 bits per heavy atom. The van der Waals surface area contributed by atoms with Crippen molar-refractivity contribution in [2.24, 2.45) is 11.3 Å². The van der Waals surface area contributed by atoms with Crippen LogP contribution in [0.25, 0.3) is 0 Å². The molecular formula is C12H23NO2. The monoisotopic (exact) mass is 213 g/mol. The Kier molecular flexibility index (Phi) is 4.14. The van der Waals surface area contributed by atoms with Gasteiger partial charge >= 0.3 is 0 Å². The SMILES string of the molecule is CC(C)CC(=O)NC1CCCC1(C)CO. The van der Waals surface area contributed by atoms with Gasteiger partial charge in [-0.2, -0.15) is 0 Å². The minimum absolute atomic E-state index is 0.105. The van der Waals surface area contributed by atoms with Gasteiger partial charge in [0.1, 0.15) is 0 Å². The molecular weight excluding hydrogens is 190 g/mol. The second-order valence-corrected chi connectivity index (χ2v) is 5.42. The van der Waals surface area contributed by atoms with Gasteiger partial charge in [-0.05, 0) is 18.8 Å². The highest BCUT2D eigenvalue weighted by Gasteiger charge is 2.38. The molecule has 2 N–H and O–H groups in total. The molecule has 88 valence electrons. The Morgan fingerprint density at radius 3 is 2.80 bits per heavy atom. The van der Waals surface area contributed by atoms with Crippen molar-refractivity contribution in [3.63, 3.8) is 0 Å². The average Bonchev–Trinajstić information content (AvgIpc) is 2.47. The van der Waals surface area contributed by atoms with Crippen LogP contribution in [0.4, 0.5) is 0 Å². The van der Waals surface area contributed by atoms with Gasteiger partial charge in [-0.25, -0.2) is 0 Å². The van der Waals surface area contributed by atoms with E-state index in [2.05, 4.69) is 12.2 Å². The average molecular weight is 213 g/mol. The summed E-state index contributed by atoms with van der Waals surface area (Å²) in [7, 11) is 0. The first-order valence-corrected chi connectivity index (χ1v) is 5.88. The summed E-state index contributed by atoms with van der Waals surface area (Å²) in [5, 5.41) is 12.4. The van der Waals surface area contributed by atoms with Crippen LogP contribution < -0.4 is 5.32 Å². The minimum Gasteiger partial charge on any atom is -0.396 e. The van der Waals surface area contributed by atoms with Crippen LogP contribution in [-0.2, 0) is 4.79 Å². The molecule has 0 aromatic carbocycles. The molecule has 1 saturated carbocycles. The first-order valence-electron chi connectivity index (χ1n) is 5.88. The second kappa shape index (κ2) is 4.97. The lowest BCUT2D eigenvalue weighted by molar-refractivity contribution is -0.123. The molecule has 0 spiro atoms. The number of nitrogens with one attached hydrogen (secondary N) is 1. The van der Waals surface area contributed by atoms with Crippen LogP contribution in [0.2, 0.25) is 0 Å². The maximum atomic E-state index is 11.6. The van der Waals surface area contributed by atoms with Gasteiger partial charge < -0.3 is 10.4 Å². The zero-order valence-corrected chi connectivity index (χ0v) is 10.0. The van der Waals surface area contributed by atoms with Crippen LogP contribution in [0.15, 0.2) is 0 Å². The number of hydrogen-bond acceptors (Lipinski definition) is 2. The fourth-order valence-electron chi connectivity index (χ4n) is 2.29. The predicted octanol–water partition coefficient (Wildman–Crippen LogP) is 1.70. The normalized spacial score (nSPS) is 30.9. The molecule has 0 bridgehead atoms. The fraction of sp³-hybridized carbons (Fsp3) is 0.917. The van der Waals surface area contributed by atoms with Gasteiger partial charge in [-0.3, -0.25) is 4.79 Å². The first-order chi connectivity index (χ1) is 6.98. The summed E-state index contributed by atoms with van der Waals surface area (Å²) < 4.78 is 0. The van der Waals surface area contributed by atoms with Gasteiger partial charge in [-0.1, -0.05) is 27.2 Å². The summed E-state index contributed by atoms with van der Waals surface area (Å²) in [6, 6.07) is 0.161. The summed E-state index contributed by atoms with van der Waals surface area (Å²) in [5.74, 6) is 0.517. The van der Waals surface area contributed by atoms with Crippen molar-refractivity contribution in [3.05, 3.63) is 0 Å². The molecule has 0 saturated heterocycles. The molecule has 0 aliphatic heterocycles. The maximum Gasteiger partial charge on any atom is 0.220 e. The van der Waals surface area contributed by atoms with Crippen LogP contribution >= 0.6 is 0 Å². The summed E-state index contributed by atoms with van der Waals surface area (Å²) in [5.41, 5.74) is -0.105. The standard InChI is InChI=1S/C12H23NO2/c1-9(2)7-11(15)13-10-5-4-6-12(10,3)8-14/h9-10,14H,4-8H2,1-3H3,(H,13,15). The summed E-state index contributed by atoms with van der Waals surface area (Å²) in [6.45, 7) is 6.30. The van der Waals surface area contributed by atoms with E-state index in [1.807, 2.05) is 13.8 Å². The third kappa shape index (κ3) is 3.20. The van der Waals surface area contributed by atoms with Gasteiger partial charge in [0.25, 0.3) is 0 Å². The minimum atomic E-state index is -0.105. The Hall–Kier alpha value is -0.570. The molecule has 1 aliphatic rings. The molecule has 0 aromatic rings. The van der Waals surface area contributed by atoms with Gasteiger partial charge in [0.2, 0.25) is 5.91 Å². The first kappa shape index (κ1) is 12.5. The largest absolute Gasteiger partial charge is 0.396 e. The number of rotatable bonds is 4. The third-order valence-electron chi connectivity index (χ3n) is 3.37. The lowest BCUT2D eigenvalue weighted by atomic mass is 9.85. The summed E-state index contributed by atoms with van der Waals surface area (Å²) >= 11 is 0. The molecule has 2 atom stereocenters. The summed E-state index contributed by atoms with van der Waals surface area (Å²) in [6.07, 6.45) is 3.69. The van der Waals surface area contributed by atoms with E-state index in [1.54, 1.807) is 0 Å². The Labute approximate surface area is 92.3 Å². The van der Waals surface area contributed by atoms with Crippen molar-refractivity contribution >= 4 is 5.91 Å². The number of carbonyl (C=O) groups is 1. The van der Waals surface area contributed by atoms with Crippen LogP contribution in [0.3, 0.4) is 0 Å². The molecule has 0 radical (unpaired) electrons. The van der Waals surface area contributed by atoms with Gasteiger partial charge in [0.15, 0.2) is 0 Å². The molecule has 1 aliphatic carbocycles. The third-order valence-corrected chi connectivity index (χ3v) is 3.37. The number of hydrogen-bond donors (Lipinski definition) is 2. The molecule has 0 aromatic heterocycles. The predicted molar refractivity (Wildman–Crippen MR) is 60.4 cm³/mol. The van der Waals surface area contributed by atoms with Crippen molar-refractivity contribution in [2.75, 3.05) is 6.61 Å². The van der Waals surface area contributed by atoms with Gasteiger partial charge in [0.05, 0.1) is 6.61 Å². The molecule has 1 amide bonds. The van der Waals surface area contributed by atoms with Gasteiger partial charge in [0, 0.05) is 17.9 Å². The van der Waals surface area contributed by atoms with Crippen molar-refractivity contribution in [1.82, 2.24) is 5.32 Å². The van der Waals surface area contributed by atoms with E-state index in [4.69, 9.17) is 0 Å². The van der Waals surface area contributed by atoms with Gasteiger partial charge in [-0.15, -0.1) is 0 Å². The van der Waals surface area contributed by atoms with E-state index in [0.717, 1.165) is 19.3 Å². The van der Waals surface area contributed by atoms with E-state index in [1.165, 1.54) is 0 Å². The highest BCUT2D eigenvalue weighted by Crippen LogP contribution is 2.37. The Balaban J connectivity index is 2.47. The molecule has 3 heteroatoms. The van der Waals surface area contributed by atoms with Crippen molar-refractivity contribution < 1.29 is 9.90 Å². The smallest absolute Gasteiger partial charge is 0.220 e. The van der Waals surface area contributed by atoms with Crippen LogP contribution in [0.1, 0.15) is 46.5 Å². The number of aliphatic hydroxyl groups is 1. The van der Waals surface area contributed by atoms with E-state index in [-0.39, 0.29) is 24.0 Å². The van der Waals surface area contributed by atoms with E-state index < -0.39 is 0 Å². The zero-order chi connectivity index (χ0) is 11.5. The molecule has 3 nitrogen and oxygen atoms in total. The quantitative estimate of drug-likeness (QED) is 0.746. The number of carbonyl (C=O) groups excluding carboxylic acids is 1. The lowest BCUT2D eigenvalue weighted by Gasteiger charge is -2.30. The zero-order valence-electron chi connectivity index (χ0n) is 10.0. The Bertz CT molecular complexity index is 228. The fourth-order valence-corrected chi connectivity index (χ4v) is 2.29. The van der Waals surface area contributed by atoms with Crippen LogP contribution in [0, 0.1) is 11.3 Å². The lowest BCUT2D eigenvalue weighted by Crippen LogP contribution is -2.45. The van der Waals surface area contributed by atoms with Crippen LogP contribution in [0.5, 0.6) is 0 Å². The van der Waals surface area contributed by atoms with E-state index in [0.29, 0.717) is 12.3 Å². The van der Waals surface area contributed by atoms with E-state index >= 15 is 0 Å². The molecule has 1 fully saturated rings. The van der Waals surface area contributed by atoms with Crippen LogP contribution in [-0.4, -0.2) is 23.7 Å². The van der Waals surface area contributed by atoms with E-state index in [9.17, 15) is 9.90 Å². The molecule has 0 heterocycles. The molecule has 15 heavy (non-hydrogen) atoms. The van der Waals surface area contributed by atoms with Crippen molar-refractivity contribution in [1.29, 1.82) is 0 Å². The second-order valence-electron chi connectivity index (χ2n) is 5.42. The molecule has 1 rings (SSSR count). The molecule has 2 unspecified atom stereocenters. The van der Waals surface area contributed by atoms with Crippen molar-refractivity contribution in [3.8, 4) is 0 Å². The number of amides is 1. The topological polar surface area (TPSA) is 49.3 Å². The van der Waals surface area contributed by atoms with Crippen molar-refractivity contribution in [2.45, 2.75) is 52.5 Å². The Morgan fingerprint density at radius 1 is 1.60 bits per heavy atom. The highest BCUT2D eigenvalue weighted by molar-refractivity contribution is 5.76. The summed E-state index contributed by atoms with van der Waals surface area (Å²) in [4.78, 5) is 11.6. The maximum absolute atomic E-state index is 11.6.